The van der Waals surface area contributed by atoms with Crippen molar-refractivity contribution in [3.63, 3.8) is 0 Å². The summed E-state index contributed by atoms with van der Waals surface area (Å²) in [7, 11) is 0.243. The van der Waals surface area contributed by atoms with Crippen molar-refractivity contribution in [3.05, 3.63) is 60.2 Å². The number of hydrogen-bond acceptors (Lipinski definition) is 11. The maximum absolute atomic E-state index is 13.7. The molecule has 212 valence electrons. The molecular formula is C26H31N7O6S. The van der Waals surface area contributed by atoms with Crippen LogP contribution < -0.4 is 18.9 Å². The zero-order valence-corrected chi connectivity index (χ0v) is 23.8. The number of para-hydroxylation sites is 1. The Balaban J connectivity index is 1.85. The monoisotopic (exact) mass is 569 g/mol. The van der Waals surface area contributed by atoms with E-state index < -0.39 is 21.4 Å². The highest BCUT2D eigenvalue weighted by Crippen LogP contribution is 2.38. The zero-order valence-electron chi connectivity index (χ0n) is 23.0. The van der Waals surface area contributed by atoms with Crippen LogP contribution in [-0.2, 0) is 14.8 Å². The van der Waals surface area contributed by atoms with E-state index in [-0.39, 0.29) is 17.6 Å². The number of benzene rings is 1. The van der Waals surface area contributed by atoms with Crippen molar-refractivity contribution in [1.82, 2.24) is 29.7 Å². The molecular weight excluding hydrogens is 538 g/mol. The van der Waals surface area contributed by atoms with Crippen LogP contribution in [0.25, 0.3) is 17.2 Å². The Morgan fingerprint density at radius 1 is 0.975 bits per heavy atom. The summed E-state index contributed by atoms with van der Waals surface area (Å²) in [5.74, 6) is 1.48. The molecule has 4 rings (SSSR count). The summed E-state index contributed by atoms with van der Waals surface area (Å²) in [6.45, 7) is 5.60. The van der Waals surface area contributed by atoms with Gasteiger partial charge in [0.2, 0.25) is 21.9 Å². The van der Waals surface area contributed by atoms with E-state index in [0.717, 1.165) is 5.56 Å². The fraction of sp³-hybridized carbons (Fsp3) is 0.346. The maximum atomic E-state index is 13.7. The predicted molar refractivity (Wildman–Crippen MR) is 147 cm³/mol. The fourth-order valence-electron chi connectivity index (χ4n) is 3.99. The van der Waals surface area contributed by atoms with Gasteiger partial charge in [-0.15, -0.1) is 10.2 Å². The quantitative estimate of drug-likeness (QED) is 0.267. The Morgan fingerprint density at radius 2 is 1.62 bits per heavy atom. The smallest absolute Gasteiger partial charge is 0.243 e. The number of nitrogens with zero attached hydrogens (tertiary/aromatic N) is 6. The van der Waals surface area contributed by atoms with E-state index in [4.69, 9.17) is 18.9 Å². The topological polar surface area (TPSA) is 152 Å². The van der Waals surface area contributed by atoms with Gasteiger partial charge in [0.25, 0.3) is 0 Å². The summed E-state index contributed by atoms with van der Waals surface area (Å²) >= 11 is 0. The van der Waals surface area contributed by atoms with Gasteiger partial charge in [0.05, 0.1) is 20.8 Å². The molecule has 2 unspecified atom stereocenters. The molecule has 0 fully saturated rings. The standard InChI is InChI=1S/C26H31N7O6S/c1-7-39-21-13-8-10-18(29-21)25-30-31-26(33(25)22-19(36-4)11-9-12-20(22)37-5)32-40(34,35)17(3)23(38-6)24-27-14-16(2)15-28-24/h8-15,17,23H,7H2,1-6H3,(H,31,32). The highest BCUT2D eigenvalue weighted by atomic mass is 32.2. The first-order chi connectivity index (χ1) is 19.2. The SMILES string of the molecule is CCOc1cccc(-c2nnc(NS(=O)(=O)C(C)C(OC)c3ncc(C)cn3)n2-c2c(OC)cccc2OC)n1. The molecule has 0 aliphatic heterocycles. The molecule has 14 heteroatoms. The minimum absolute atomic E-state index is 0.118. The summed E-state index contributed by atoms with van der Waals surface area (Å²) < 4.78 is 53.7. The van der Waals surface area contributed by atoms with Crippen molar-refractivity contribution in [1.29, 1.82) is 0 Å². The number of anilines is 1. The van der Waals surface area contributed by atoms with E-state index in [1.165, 1.54) is 32.8 Å². The van der Waals surface area contributed by atoms with Gasteiger partial charge in [-0.1, -0.05) is 12.1 Å². The Labute approximate surface area is 232 Å². The summed E-state index contributed by atoms with van der Waals surface area (Å²) in [5, 5.41) is 7.37. The number of rotatable bonds is 12. The maximum Gasteiger partial charge on any atom is 0.243 e. The highest BCUT2D eigenvalue weighted by molar-refractivity contribution is 7.93. The molecule has 0 aliphatic rings. The molecule has 3 aromatic heterocycles. The number of ether oxygens (including phenoxy) is 4. The molecule has 0 aliphatic carbocycles. The minimum Gasteiger partial charge on any atom is -0.494 e. The van der Waals surface area contributed by atoms with Crippen LogP contribution in [0.1, 0.15) is 31.3 Å². The van der Waals surface area contributed by atoms with Gasteiger partial charge in [-0.25, -0.2) is 23.4 Å². The molecule has 4 aromatic rings. The molecule has 0 saturated heterocycles. The van der Waals surface area contributed by atoms with Crippen LogP contribution in [0.15, 0.2) is 48.8 Å². The normalized spacial score (nSPS) is 12.9. The highest BCUT2D eigenvalue weighted by Gasteiger charge is 2.35. The van der Waals surface area contributed by atoms with E-state index in [9.17, 15) is 8.42 Å². The van der Waals surface area contributed by atoms with E-state index >= 15 is 0 Å². The summed E-state index contributed by atoms with van der Waals surface area (Å²) in [5.41, 5.74) is 1.58. The van der Waals surface area contributed by atoms with Gasteiger partial charge >= 0.3 is 0 Å². The van der Waals surface area contributed by atoms with Gasteiger partial charge in [0, 0.05) is 25.6 Å². The number of hydrogen-bond donors (Lipinski definition) is 1. The number of aryl methyl sites for hydroxylation is 1. The lowest BCUT2D eigenvalue weighted by molar-refractivity contribution is 0.0949. The average Bonchev–Trinajstić information content (AvgIpc) is 3.36. The Kier molecular flexibility index (Phi) is 8.80. The molecule has 0 bridgehead atoms. The average molecular weight is 570 g/mol. The molecule has 0 saturated carbocycles. The number of nitrogens with one attached hydrogen (secondary N) is 1. The summed E-state index contributed by atoms with van der Waals surface area (Å²) in [6, 6.07) is 10.3. The summed E-state index contributed by atoms with van der Waals surface area (Å²) in [6.07, 6.45) is 2.24. The second-order valence-corrected chi connectivity index (χ2v) is 10.7. The van der Waals surface area contributed by atoms with Crippen LogP contribution in [0.4, 0.5) is 5.95 Å². The molecule has 2 atom stereocenters. The van der Waals surface area contributed by atoms with E-state index in [2.05, 4.69) is 29.9 Å². The van der Waals surface area contributed by atoms with Crippen molar-refractivity contribution < 1.29 is 27.4 Å². The first-order valence-electron chi connectivity index (χ1n) is 12.3. The van der Waals surface area contributed by atoms with Gasteiger partial charge in [-0.05, 0) is 44.5 Å². The second-order valence-electron chi connectivity index (χ2n) is 8.61. The second kappa shape index (κ2) is 12.3. The Morgan fingerprint density at radius 3 is 2.23 bits per heavy atom. The van der Waals surface area contributed by atoms with Crippen LogP contribution in [0.5, 0.6) is 17.4 Å². The molecule has 0 amide bonds. The third-order valence-electron chi connectivity index (χ3n) is 5.99. The fourth-order valence-corrected chi connectivity index (χ4v) is 5.12. The molecule has 40 heavy (non-hydrogen) atoms. The lowest BCUT2D eigenvalue weighted by atomic mass is 10.2. The first-order valence-corrected chi connectivity index (χ1v) is 13.9. The number of pyridine rings is 1. The van der Waals surface area contributed by atoms with Crippen molar-refractivity contribution in [2.45, 2.75) is 32.1 Å². The van der Waals surface area contributed by atoms with Gasteiger partial charge in [0.15, 0.2) is 11.6 Å². The van der Waals surface area contributed by atoms with Gasteiger partial charge in [-0.3, -0.25) is 9.29 Å². The molecule has 1 aromatic carbocycles. The Bertz CT molecular complexity index is 1540. The first kappa shape index (κ1) is 28.7. The lowest BCUT2D eigenvalue weighted by Crippen LogP contribution is -2.33. The van der Waals surface area contributed by atoms with Gasteiger partial charge in [0.1, 0.15) is 34.2 Å². The molecule has 13 nitrogen and oxygen atoms in total. The number of sulfonamides is 1. The molecule has 0 radical (unpaired) electrons. The predicted octanol–water partition coefficient (Wildman–Crippen LogP) is 3.36. The van der Waals surface area contributed by atoms with Crippen LogP contribution in [0, 0.1) is 6.92 Å². The molecule has 1 N–H and O–H groups in total. The van der Waals surface area contributed by atoms with Crippen LogP contribution in [0.2, 0.25) is 0 Å². The third-order valence-corrected chi connectivity index (χ3v) is 7.69. The summed E-state index contributed by atoms with van der Waals surface area (Å²) in [4.78, 5) is 13.0. The third kappa shape index (κ3) is 5.82. The zero-order chi connectivity index (χ0) is 28.9. The van der Waals surface area contributed by atoms with Crippen LogP contribution >= 0.6 is 0 Å². The van der Waals surface area contributed by atoms with Crippen molar-refractivity contribution in [2.75, 3.05) is 32.7 Å². The van der Waals surface area contributed by atoms with Crippen molar-refractivity contribution in [2.24, 2.45) is 0 Å². The Hall–Kier alpha value is -4.30. The molecule has 0 spiro atoms. The van der Waals surface area contributed by atoms with Crippen molar-refractivity contribution in [3.8, 4) is 34.6 Å². The largest absolute Gasteiger partial charge is 0.494 e. The van der Waals surface area contributed by atoms with E-state index in [1.54, 1.807) is 48.8 Å². The minimum atomic E-state index is -4.14. The molecule has 3 heterocycles. The van der Waals surface area contributed by atoms with Gasteiger partial charge < -0.3 is 18.9 Å². The van der Waals surface area contributed by atoms with E-state index in [1.807, 2.05) is 13.8 Å². The van der Waals surface area contributed by atoms with Crippen LogP contribution in [0.3, 0.4) is 0 Å². The number of aromatic nitrogens is 6. The van der Waals surface area contributed by atoms with E-state index in [0.29, 0.717) is 35.4 Å². The van der Waals surface area contributed by atoms with Gasteiger partial charge in [-0.2, -0.15) is 0 Å². The number of methoxy groups -OCH3 is 3. The lowest BCUT2D eigenvalue weighted by Gasteiger charge is -2.23. The van der Waals surface area contributed by atoms with Crippen molar-refractivity contribution >= 4 is 16.0 Å². The van der Waals surface area contributed by atoms with Crippen LogP contribution in [-0.4, -0.2) is 71.3 Å².